The fourth-order valence-electron chi connectivity index (χ4n) is 1.59. The average molecular weight is 309 g/mol. The number of unbranched alkanes of at least 4 members (excludes halogenated alkanes) is 2. The summed E-state index contributed by atoms with van der Waals surface area (Å²) in [5.41, 5.74) is 7.06. The predicted molar refractivity (Wildman–Crippen MR) is 74.1 cm³/mol. The Balaban J connectivity index is 0.00000225. The van der Waals surface area contributed by atoms with Crippen LogP contribution in [0.4, 0.5) is 0 Å². The first-order valence-corrected chi connectivity index (χ1v) is 6.18. The van der Waals surface area contributed by atoms with Gasteiger partial charge in [0.15, 0.2) is 0 Å². The number of benzene rings is 1. The van der Waals surface area contributed by atoms with Gasteiger partial charge < -0.3 is 10.8 Å². The van der Waals surface area contributed by atoms with Crippen LogP contribution < -0.4 is 5.73 Å². The molecule has 1 aromatic rings. The Morgan fingerprint density at radius 3 is 2.69 bits per heavy atom. The summed E-state index contributed by atoms with van der Waals surface area (Å²) >= 11 is 3.45. The maximum Gasteiger partial charge on any atom is 0.115 e. The van der Waals surface area contributed by atoms with Crippen LogP contribution in [0.15, 0.2) is 22.7 Å². The number of halogens is 2. The molecule has 0 spiro atoms. The summed E-state index contributed by atoms with van der Waals surface area (Å²) in [5, 5.41) is 9.38. The van der Waals surface area contributed by atoms with Crippen molar-refractivity contribution >= 4 is 28.3 Å². The van der Waals surface area contributed by atoms with E-state index in [9.17, 15) is 5.11 Å². The Hall–Kier alpha value is -0.250. The van der Waals surface area contributed by atoms with Crippen molar-refractivity contribution in [2.24, 2.45) is 5.73 Å². The molecule has 0 unspecified atom stereocenters. The lowest BCUT2D eigenvalue weighted by molar-refractivity contribution is 0.472. The molecule has 1 aromatic carbocycles. The maximum atomic E-state index is 9.38. The van der Waals surface area contributed by atoms with Crippen LogP contribution in [0.1, 0.15) is 44.2 Å². The van der Waals surface area contributed by atoms with Gasteiger partial charge in [-0.1, -0.05) is 42.1 Å². The van der Waals surface area contributed by atoms with E-state index in [1.54, 1.807) is 12.1 Å². The largest absolute Gasteiger partial charge is 0.508 e. The summed E-state index contributed by atoms with van der Waals surface area (Å²) in [5.74, 6) is 0.277. The van der Waals surface area contributed by atoms with Gasteiger partial charge in [0.05, 0.1) is 0 Å². The highest BCUT2D eigenvalue weighted by atomic mass is 79.9. The Bertz CT molecular complexity index is 320. The molecule has 0 radical (unpaired) electrons. The first-order chi connectivity index (χ1) is 7.15. The zero-order chi connectivity index (χ0) is 11.3. The lowest BCUT2D eigenvalue weighted by Crippen LogP contribution is -2.10. The molecule has 0 fully saturated rings. The van der Waals surface area contributed by atoms with Crippen molar-refractivity contribution in [3.8, 4) is 5.75 Å². The van der Waals surface area contributed by atoms with Crippen molar-refractivity contribution in [2.45, 2.75) is 38.6 Å². The molecule has 92 valence electrons. The minimum atomic E-state index is 0. The van der Waals surface area contributed by atoms with E-state index in [-0.39, 0.29) is 24.2 Å². The van der Waals surface area contributed by atoms with E-state index >= 15 is 0 Å². The maximum absolute atomic E-state index is 9.38. The second kappa shape index (κ2) is 7.93. The van der Waals surface area contributed by atoms with E-state index in [1.807, 2.05) is 6.07 Å². The summed E-state index contributed by atoms with van der Waals surface area (Å²) < 4.78 is 0.976. The van der Waals surface area contributed by atoms with Crippen molar-refractivity contribution < 1.29 is 5.11 Å². The first-order valence-electron chi connectivity index (χ1n) is 5.39. The van der Waals surface area contributed by atoms with Gasteiger partial charge in [-0.15, -0.1) is 12.4 Å². The van der Waals surface area contributed by atoms with Crippen LogP contribution in [-0.2, 0) is 0 Å². The van der Waals surface area contributed by atoms with Crippen molar-refractivity contribution in [3.63, 3.8) is 0 Å². The molecule has 0 amide bonds. The molecular formula is C12H19BrClNO. The standard InChI is InChI=1S/C12H18BrNO.ClH/c1-2-3-4-5-12(14)10-8-9(15)6-7-11(10)13;/h6-8,12,15H,2-5,14H2,1H3;1H/t12-;/m0./s1. The minimum absolute atomic E-state index is 0. The fourth-order valence-corrected chi connectivity index (χ4v) is 2.13. The molecule has 3 N–H and O–H groups in total. The number of hydrogen-bond acceptors (Lipinski definition) is 2. The zero-order valence-electron chi connectivity index (χ0n) is 9.45. The van der Waals surface area contributed by atoms with E-state index in [4.69, 9.17) is 5.73 Å². The van der Waals surface area contributed by atoms with Crippen LogP contribution in [0.5, 0.6) is 5.75 Å². The fraction of sp³-hybridized carbons (Fsp3) is 0.500. The molecule has 0 heterocycles. The molecule has 0 saturated carbocycles. The topological polar surface area (TPSA) is 46.2 Å². The molecule has 0 saturated heterocycles. The number of phenolic OH excluding ortho intramolecular Hbond substituents is 1. The molecule has 16 heavy (non-hydrogen) atoms. The lowest BCUT2D eigenvalue weighted by atomic mass is 10.0. The van der Waals surface area contributed by atoms with Gasteiger partial charge >= 0.3 is 0 Å². The molecule has 0 bridgehead atoms. The number of nitrogens with two attached hydrogens (primary N) is 1. The van der Waals surface area contributed by atoms with Gasteiger partial charge in [-0.05, 0) is 30.2 Å². The van der Waals surface area contributed by atoms with E-state index in [0.29, 0.717) is 0 Å². The zero-order valence-corrected chi connectivity index (χ0v) is 11.9. The third-order valence-electron chi connectivity index (χ3n) is 2.50. The van der Waals surface area contributed by atoms with Crippen LogP contribution in [0.2, 0.25) is 0 Å². The normalized spacial score (nSPS) is 11.9. The Labute approximate surface area is 112 Å². The molecular weight excluding hydrogens is 289 g/mol. The Kier molecular flexibility index (Phi) is 7.81. The molecule has 0 aliphatic heterocycles. The van der Waals surface area contributed by atoms with Crippen molar-refractivity contribution in [1.29, 1.82) is 0 Å². The lowest BCUT2D eigenvalue weighted by Gasteiger charge is -2.13. The summed E-state index contributed by atoms with van der Waals surface area (Å²) in [6, 6.07) is 5.25. The highest BCUT2D eigenvalue weighted by Crippen LogP contribution is 2.28. The van der Waals surface area contributed by atoms with Crippen LogP contribution in [0.3, 0.4) is 0 Å². The summed E-state index contributed by atoms with van der Waals surface area (Å²) in [6.07, 6.45) is 4.52. The molecule has 1 atom stereocenters. The highest BCUT2D eigenvalue weighted by Gasteiger charge is 2.10. The predicted octanol–water partition coefficient (Wildman–Crippen LogP) is 4.16. The van der Waals surface area contributed by atoms with Gasteiger partial charge in [0.2, 0.25) is 0 Å². The second-order valence-corrected chi connectivity index (χ2v) is 4.66. The molecule has 4 heteroatoms. The van der Waals surface area contributed by atoms with E-state index in [2.05, 4.69) is 22.9 Å². The molecule has 0 aliphatic carbocycles. The molecule has 1 rings (SSSR count). The molecule has 0 aliphatic rings. The van der Waals surface area contributed by atoms with Crippen molar-refractivity contribution in [2.75, 3.05) is 0 Å². The van der Waals surface area contributed by atoms with Crippen molar-refractivity contribution in [1.82, 2.24) is 0 Å². The number of phenols is 1. The van der Waals surface area contributed by atoms with Gasteiger partial charge in [-0.2, -0.15) is 0 Å². The quantitative estimate of drug-likeness (QED) is 0.802. The van der Waals surface area contributed by atoms with Gasteiger partial charge in [-0.25, -0.2) is 0 Å². The SMILES string of the molecule is CCCCC[C@H](N)c1cc(O)ccc1Br.Cl. The average Bonchev–Trinajstić information content (AvgIpc) is 2.22. The Morgan fingerprint density at radius 1 is 1.38 bits per heavy atom. The smallest absolute Gasteiger partial charge is 0.115 e. The van der Waals surface area contributed by atoms with Crippen LogP contribution in [-0.4, -0.2) is 5.11 Å². The van der Waals surface area contributed by atoms with E-state index in [1.165, 1.54) is 12.8 Å². The van der Waals surface area contributed by atoms with Gasteiger partial charge in [-0.3, -0.25) is 0 Å². The van der Waals surface area contributed by atoms with Crippen LogP contribution in [0, 0.1) is 0 Å². The first kappa shape index (κ1) is 15.8. The molecule has 0 aromatic heterocycles. The summed E-state index contributed by atoms with van der Waals surface area (Å²) in [7, 11) is 0. The number of hydrogen-bond donors (Lipinski definition) is 2. The van der Waals surface area contributed by atoms with Crippen LogP contribution in [0.25, 0.3) is 0 Å². The summed E-state index contributed by atoms with van der Waals surface area (Å²) in [4.78, 5) is 0. The highest BCUT2D eigenvalue weighted by molar-refractivity contribution is 9.10. The summed E-state index contributed by atoms with van der Waals surface area (Å²) in [6.45, 7) is 2.18. The number of rotatable bonds is 5. The third kappa shape index (κ3) is 4.73. The number of aromatic hydroxyl groups is 1. The van der Waals surface area contributed by atoms with Gasteiger partial charge in [0, 0.05) is 10.5 Å². The van der Waals surface area contributed by atoms with E-state index in [0.717, 1.165) is 22.9 Å². The van der Waals surface area contributed by atoms with Crippen molar-refractivity contribution in [3.05, 3.63) is 28.2 Å². The Morgan fingerprint density at radius 2 is 2.06 bits per heavy atom. The second-order valence-electron chi connectivity index (χ2n) is 3.81. The third-order valence-corrected chi connectivity index (χ3v) is 3.22. The monoisotopic (exact) mass is 307 g/mol. The van der Waals surface area contributed by atoms with Gasteiger partial charge in [0.1, 0.15) is 5.75 Å². The van der Waals surface area contributed by atoms with E-state index < -0.39 is 0 Å². The minimum Gasteiger partial charge on any atom is -0.508 e. The van der Waals surface area contributed by atoms with Gasteiger partial charge in [0.25, 0.3) is 0 Å². The molecule has 2 nitrogen and oxygen atoms in total. The van der Waals surface area contributed by atoms with Crippen LogP contribution >= 0.6 is 28.3 Å².